The molecule has 13 heavy (non-hydrogen) atoms. The third-order valence-corrected chi connectivity index (χ3v) is 3.11. The van der Waals surface area contributed by atoms with Gasteiger partial charge in [-0.05, 0) is 34.8 Å². The maximum atomic E-state index is 4.32. The zero-order valence-electron chi connectivity index (χ0n) is 7.54. The van der Waals surface area contributed by atoms with E-state index in [4.69, 9.17) is 0 Å². The molecule has 1 aliphatic carbocycles. The Labute approximate surface area is 86.9 Å². The molecule has 0 atom stereocenters. The van der Waals surface area contributed by atoms with Crippen molar-refractivity contribution in [1.82, 2.24) is 9.97 Å². The van der Waals surface area contributed by atoms with Gasteiger partial charge >= 0.3 is 0 Å². The summed E-state index contributed by atoms with van der Waals surface area (Å²) in [7, 11) is 0. The molecular weight excluding hydrogens is 228 g/mol. The second-order valence-electron chi connectivity index (χ2n) is 3.60. The van der Waals surface area contributed by atoms with Crippen molar-refractivity contribution in [2.75, 3.05) is 0 Å². The van der Waals surface area contributed by atoms with Gasteiger partial charge in [0.25, 0.3) is 0 Å². The molecule has 0 unspecified atom stereocenters. The van der Waals surface area contributed by atoms with Crippen molar-refractivity contribution in [1.29, 1.82) is 0 Å². The Morgan fingerprint density at radius 3 is 2.62 bits per heavy atom. The minimum absolute atomic E-state index is 0.674. The third-order valence-electron chi connectivity index (χ3n) is 2.68. The Balaban J connectivity index is 2.14. The van der Waals surface area contributed by atoms with Gasteiger partial charge in [0.1, 0.15) is 10.9 Å². The molecule has 0 radical (unpaired) electrons. The van der Waals surface area contributed by atoms with Crippen LogP contribution in [0.1, 0.15) is 43.7 Å². The molecule has 1 fully saturated rings. The average molecular weight is 241 g/mol. The van der Waals surface area contributed by atoms with E-state index in [1.54, 1.807) is 6.33 Å². The van der Waals surface area contributed by atoms with E-state index in [2.05, 4.69) is 32.0 Å². The van der Waals surface area contributed by atoms with Gasteiger partial charge in [0, 0.05) is 11.6 Å². The van der Waals surface area contributed by atoms with E-state index in [1.165, 1.54) is 37.8 Å². The highest BCUT2D eigenvalue weighted by atomic mass is 79.9. The molecule has 1 aliphatic rings. The molecule has 0 amide bonds. The van der Waals surface area contributed by atoms with E-state index >= 15 is 0 Å². The summed E-state index contributed by atoms with van der Waals surface area (Å²) in [6.45, 7) is 0. The molecule has 1 heterocycles. The largest absolute Gasteiger partial charge is 0.241 e. The van der Waals surface area contributed by atoms with Crippen LogP contribution in [0.5, 0.6) is 0 Å². The van der Waals surface area contributed by atoms with Crippen LogP contribution in [0.4, 0.5) is 0 Å². The number of rotatable bonds is 1. The van der Waals surface area contributed by atoms with Crippen LogP contribution in [0, 0.1) is 0 Å². The SMILES string of the molecule is Brc1cc(C2CCCCC2)ncn1. The van der Waals surface area contributed by atoms with E-state index < -0.39 is 0 Å². The van der Waals surface area contributed by atoms with Crippen LogP contribution in [0.3, 0.4) is 0 Å². The fourth-order valence-corrected chi connectivity index (χ4v) is 2.29. The quantitative estimate of drug-likeness (QED) is 0.705. The lowest BCUT2D eigenvalue weighted by Gasteiger charge is -2.20. The van der Waals surface area contributed by atoms with Gasteiger partial charge in [-0.2, -0.15) is 0 Å². The maximum Gasteiger partial charge on any atom is 0.116 e. The number of nitrogens with zero attached hydrogens (tertiary/aromatic N) is 2. The molecule has 0 spiro atoms. The monoisotopic (exact) mass is 240 g/mol. The molecule has 0 saturated heterocycles. The summed E-state index contributed by atoms with van der Waals surface area (Å²) in [4.78, 5) is 8.36. The molecule has 3 heteroatoms. The number of hydrogen-bond acceptors (Lipinski definition) is 2. The Bertz CT molecular complexity index is 282. The summed E-state index contributed by atoms with van der Waals surface area (Å²) in [5.74, 6) is 0.674. The van der Waals surface area contributed by atoms with Crippen molar-refractivity contribution < 1.29 is 0 Å². The van der Waals surface area contributed by atoms with Gasteiger partial charge in [-0.25, -0.2) is 9.97 Å². The van der Waals surface area contributed by atoms with E-state index in [-0.39, 0.29) is 0 Å². The van der Waals surface area contributed by atoms with E-state index in [9.17, 15) is 0 Å². The molecule has 0 bridgehead atoms. The first-order chi connectivity index (χ1) is 6.36. The highest BCUT2D eigenvalue weighted by Crippen LogP contribution is 2.31. The zero-order chi connectivity index (χ0) is 9.10. The summed E-state index contributed by atoms with van der Waals surface area (Å²) < 4.78 is 0.906. The van der Waals surface area contributed by atoms with Gasteiger partial charge in [0.05, 0.1) is 0 Å². The van der Waals surface area contributed by atoms with Gasteiger partial charge < -0.3 is 0 Å². The van der Waals surface area contributed by atoms with Crippen LogP contribution in [-0.4, -0.2) is 9.97 Å². The second-order valence-corrected chi connectivity index (χ2v) is 4.41. The number of halogens is 1. The normalized spacial score (nSPS) is 18.8. The van der Waals surface area contributed by atoms with Gasteiger partial charge in [-0.3, -0.25) is 0 Å². The Hall–Kier alpha value is -0.440. The van der Waals surface area contributed by atoms with Crippen molar-refractivity contribution in [3.63, 3.8) is 0 Å². The summed E-state index contributed by atoms with van der Waals surface area (Å²) in [6.07, 6.45) is 8.34. The van der Waals surface area contributed by atoms with Crippen molar-refractivity contribution >= 4 is 15.9 Å². The Kier molecular flexibility index (Phi) is 2.94. The van der Waals surface area contributed by atoms with Crippen LogP contribution < -0.4 is 0 Å². The van der Waals surface area contributed by atoms with Gasteiger partial charge in [0.2, 0.25) is 0 Å². The lowest BCUT2D eigenvalue weighted by Crippen LogP contribution is -2.06. The summed E-state index contributed by atoms with van der Waals surface area (Å²) in [6, 6.07) is 2.05. The molecule has 1 aromatic heterocycles. The lowest BCUT2D eigenvalue weighted by molar-refractivity contribution is 0.436. The minimum atomic E-state index is 0.674. The molecule has 1 saturated carbocycles. The first kappa shape index (κ1) is 9.13. The predicted molar refractivity (Wildman–Crippen MR) is 55.6 cm³/mol. The van der Waals surface area contributed by atoms with Crippen LogP contribution in [0.2, 0.25) is 0 Å². The predicted octanol–water partition coefficient (Wildman–Crippen LogP) is 3.29. The first-order valence-electron chi connectivity index (χ1n) is 4.84. The van der Waals surface area contributed by atoms with Crippen molar-refractivity contribution in [3.8, 4) is 0 Å². The van der Waals surface area contributed by atoms with Crippen molar-refractivity contribution in [3.05, 3.63) is 22.7 Å². The third kappa shape index (κ3) is 2.27. The molecule has 0 aromatic carbocycles. The van der Waals surface area contributed by atoms with Crippen LogP contribution in [0.15, 0.2) is 17.0 Å². The van der Waals surface area contributed by atoms with Crippen LogP contribution in [-0.2, 0) is 0 Å². The van der Waals surface area contributed by atoms with E-state index in [1.807, 2.05) is 0 Å². The van der Waals surface area contributed by atoms with E-state index in [0.717, 1.165) is 4.60 Å². The van der Waals surface area contributed by atoms with Crippen molar-refractivity contribution in [2.24, 2.45) is 0 Å². The Morgan fingerprint density at radius 1 is 1.15 bits per heavy atom. The summed E-state index contributed by atoms with van der Waals surface area (Å²) in [5.41, 5.74) is 1.21. The molecule has 1 aromatic rings. The van der Waals surface area contributed by atoms with Gasteiger partial charge in [-0.1, -0.05) is 19.3 Å². The van der Waals surface area contributed by atoms with Gasteiger partial charge in [0.15, 0.2) is 0 Å². The fraction of sp³-hybridized carbons (Fsp3) is 0.600. The number of hydrogen-bond donors (Lipinski definition) is 0. The smallest absolute Gasteiger partial charge is 0.116 e. The second kappa shape index (κ2) is 4.18. The fourth-order valence-electron chi connectivity index (χ4n) is 1.97. The standard InChI is InChI=1S/C10H13BrN2/c11-10-6-9(12-7-13-10)8-4-2-1-3-5-8/h6-8H,1-5H2. The molecule has 70 valence electrons. The summed E-state index contributed by atoms with van der Waals surface area (Å²) >= 11 is 3.38. The highest BCUT2D eigenvalue weighted by Gasteiger charge is 2.16. The highest BCUT2D eigenvalue weighted by molar-refractivity contribution is 9.10. The maximum absolute atomic E-state index is 4.32. The average Bonchev–Trinajstić information content (AvgIpc) is 2.19. The number of aromatic nitrogens is 2. The molecular formula is C10H13BrN2. The summed E-state index contributed by atoms with van der Waals surface area (Å²) in [5, 5.41) is 0. The van der Waals surface area contributed by atoms with Gasteiger partial charge in [-0.15, -0.1) is 0 Å². The Morgan fingerprint density at radius 2 is 1.92 bits per heavy atom. The first-order valence-corrected chi connectivity index (χ1v) is 5.63. The van der Waals surface area contributed by atoms with Crippen molar-refractivity contribution in [2.45, 2.75) is 38.0 Å². The van der Waals surface area contributed by atoms with E-state index in [0.29, 0.717) is 5.92 Å². The molecule has 2 nitrogen and oxygen atoms in total. The topological polar surface area (TPSA) is 25.8 Å². The molecule has 2 rings (SSSR count). The van der Waals surface area contributed by atoms with Crippen LogP contribution in [0.25, 0.3) is 0 Å². The zero-order valence-corrected chi connectivity index (χ0v) is 9.13. The molecule has 0 aliphatic heterocycles. The molecule has 0 N–H and O–H groups in total. The lowest BCUT2D eigenvalue weighted by atomic mass is 9.87. The van der Waals surface area contributed by atoms with Crippen LogP contribution >= 0.6 is 15.9 Å². The minimum Gasteiger partial charge on any atom is -0.241 e.